The van der Waals surface area contributed by atoms with Gasteiger partial charge in [0.1, 0.15) is 6.54 Å². The van der Waals surface area contributed by atoms with Crippen molar-refractivity contribution < 1.29 is 26.4 Å². The third kappa shape index (κ3) is 5.79. The molecule has 0 heterocycles. The minimum atomic E-state index is -4.71. The molecule has 1 N–H and O–H groups in total. The fraction of sp³-hybridized carbons (Fsp3) is 0.136. The predicted octanol–water partition coefficient (Wildman–Crippen LogP) is 6.15. The van der Waals surface area contributed by atoms with Gasteiger partial charge in [0, 0.05) is 0 Å². The van der Waals surface area contributed by atoms with Crippen LogP contribution in [0, 0.1) is 6.92 Å². The summed E-state index contributed by atoms with van der Waals surface area (Å²) in [4.78, 5) is 12.6. The molecule has 0 radical (unpaired) electrons. The number of benzene rings is 3. The minimum Gasteiger partial charge on any atom is -0.324 e. The average Bonchev–Trinajstić information content (AvgIpc) is 2.74. The number of nitrogens with zero attached hydrogens (tertiary/aromatic N) is 1. The number of para-hydroxylation sites is 1. The molecular weight excluding hydrogens is 500 g/mol. The van der Waals surface area contributed by atoms with E-state index < -0.39 is 39.9 Å². The number of hydrogen-bond donors (Lipinski definition) is 1. The zero-order valence-corrected chi connectivity index (χ0v) is 19.4. The number of alkyl halides is 3. The molecule has 0 unspecified atom stereocenters. The van der Waals surface area contributed by atoms with Crippen LogP contribution in [0.15, 0.2) is 71.6 Å². The van der Waals surface area contributed by atoms with Crippen molar-refractivity contribution in [3.8, 4) is 0 Å². The Morgan fingerprint density at radius 1 is 0.970 bits per heavy atom. The SMILES string of the molecule is Cc1ccc(S(=O)(=O)N(CC(=O)Nc2ccccc2C(F)(F)F)c2ccc(Cl)c(Cl)c2)cc1. The van der Waals surface area contributed by atoms with Crippen molar-refractivity contribution in [2.45, 2.75) is 18.0 Å². The van der Waals surface area contributed by atoms with Gasteiger partial charge in [-0.05, 0) is 49.4 Å². The van der Waals surface area contributed by atoms with Crippen molar-refractivity contribution in [2.24, 2.45) is 0 Å². The van der Waals surface area contributed by atoms with Crippen LogP contribution >= 0.6 is 23.2 Å². The number of sulfonamides is 1. The molecule has 174 valence electrons. The number of carbonyl (C=O) groups excluding carboxylic acids is 1. The van der Waals surface area contributed by atoms with E-state index in [1.807, 2.05) is 0 Å². The second-order valence-corrected chi connectivity index (χ2v) is 9.69. The van der Waals surface area contributed by atoms with Gasteiger partial charge in [0.25, 0.3) is 10.0 Å². The Bertz CT molecular complexity index is 1280. The summed E-state index contributed by atoms with van der Waals surface area (Å²) in [7, 11) is -4.28. The van der Waals surface area contributed by atoms with Crippen LogP contribution < -0.4 is 9.62 Å². The number of aryl methyl sites for hydroxylation is 1. The highest BCUT2D eigenvalue weighted by Gasteiger charge is 2.34. The second-order valence-electron chi connectivity index (χ2n) is 7.01. The van der Waals surface area contributed by atoms with Gasteiger partial charge in [-0.15, -0.1) is 0 Å². The number of amides is 1. The molecule has 0 aliphatic carbocycles. The van der Waals surface area contributed by atoms with E-state index in [2.05, 4.69) is 5.32 Å². The van der Waals surface area contributed by atoms with Crippen molar-refractivity contribution in [3.05, 3.63) is 87.9 Å². The van der Waals surface area contributed by atoms with Crippen molar-refractivity contribution >= 4 is 50.5 Å². The molecule has 1 amide bonds. The molecule has 3 rings (SSSR count). The monoisotopic (exact) mass is 516 g/mol. The summed E-state index contributed by atoms with van der Waals surface area (Å²) in [6, 6.07) is 14.3. The largest absolute Gasteiger partial charge is 0.418 e. The molecule has 0 fully saturated rings. The van der Waals surface area contributed by atoms with E-state index >= 15 is 0 Å². The van der Waals surface area contributed by atoms with Gasteiger partial charge in [-0.1, -0.05) is 53.0 Å². The molecule has 3 aromatic rings. The van der Waals surface area contributed by atoms with Crippen LogP contribution in [0.1, 0.15) is 11.1 Å². The normalized spacial score (nSPS) is 11.8. The molecular formula is C22H17Cl2F3N2O3S. The third-order valence-corrected chi connectivity index (χ3v) is 7.12. The lowest BCUT2D eigenvalue weighted by molar-refractivity contribution is -0.137. The standard InChI is InChI=1S/C22H17Cl2F3N2O3S/c1-14-6-9-16(10-7-14)33(31,32)29(15-8-11-18(23)19(24)12-15)13-21(30)28-20-5-3-2-4-17(20)22(25,26)27/h2-12H,13H2,1H3,(H,28,30). The second kappa shape index (κ2) is 9.62. The van der Waals surface area contributed by atoms with Gasteiger partial charge in [-0.25, -0.2) is 8.42 Å². The first-order chi connectivity index (χ1) is 15.4. The predicted molar refractivity (Wildman–Crippen MR) is 122 cm³/mol. The van der Waals surface area contributed by atoms with Crippen molar-refractivity contribution in [1.29, 1.82) is 0 Å². The fourth-order valence-electron chi connectivity index (χ4n) is 2.95. The number of nitrogens with one attached hydrogen (secondary N) is 1. The molecule has 11 heteroatoms. The molecule has 0 saturated heterocycles. The molecule has 0 aliphatic rings. The zero-order valence-electron chi connectivity index (χ0n) is 17.0. The highest BCUT2D eigenvalue weighted by atomic mass is 35.5. The molecule has 0 atom stereocenters. The van der Waals surface area contributed by atoms with Gasteiger partial charge in [-0.3, -0.25) is 9.10 Å². The highest BCUT2D eigenvalue weighted by molar-refractivity contribution is 7.92. The Kier molecular flexibility index (Phi) is 7.26. The van der Waals surface area contributed by atoms with Crippen LogP contribution in [-0.2, 0) is 21.0 Å². The van der Waals surface area contributed by atoms with Gasteiger partial charge in [-0.2, -0.15) is 13.2 Å². The van der Waals surface area contributed by atoms with Gasteiger partial charge < -0.3 is 5.32 Å². The number of hydrogen-bond acceptors (Lipinski definition) is 3. The molecule has 33 heavy (non-hydrogen) atoms. The Labute approximate surface area is 198 Å². The van der Waals surface area contributed by atoms with Crippen molar-refractivity contribution in [2.75, 3.05) is 16.2 Å². The van der Waals surface area contributed by atoms with E-state index in [4.69, 9.17) is 23.2 Å². The van der Waals surface area contributed by atoms with Gasteiger partial charge in [0.05, 0.1) is 31.9 Å². The van der Waals surface area contributed by atoms with E-state index in [1.165, 1.54) is 42.5 Å². The van der Waals surface area contributed by atoms with Crippen LogP contribution in [0.5, 0.6) is 0 Å². The Morgan fingerprint density at radius 3 is 2.21 bits per heavy atom. The number of halogens is 5. The lowest BCUT2D eigenvalue weighted by Crippen LogP contribution is -2.38. The summed E-state index contributed by atoms with van der Waals surface area (Å²) in [5.41, 5.74) is -0.710. The Morgan fingerprint density at radius 2 is 1.61 bits per heavy atom. The molecule has 0 bridgehead atoms. The van der Waals surface area contributed by atoms with E-state index in [9.17, 15) is 26.4 Å². The highest BCUT2D eigenvalue weighted by Crippen LogP contribution is 2.35. The van der Waals surface area contributed by atoms with E-state index in [1.54, 1.807) is 19.1 Å². The maximum atomic E-state index is 13.3. The summed E-state index contributed by atoms with van der Waals surface area (Å²) in [6.07, 6.45) is -4.71. The summed E-state index contributed by atoms with van der Waals surface area (Å²) in [5, 5.41) is 2.36. The van der Waals surface area contributed by atoms with Crippen molar-refractivity contribution in [1.82, 2.24) is 0 Å². The zero-order chi connectivity index (χ0) is 24.4. The summed E-state index contributed by atoms with van der Waals surface area (Å²) in [5.74, 6) is -0.978. The van der Waals surface area contributed by atoms with Crippen LogP contribution in [0.3, 0.4) is 0 Å². The van der Waals surface area contributed by atoms with Crippen molar-refractivity contribution in [3.63, 3.8) is 0 Å². The summed E-state index contributed by atoms with van der Waals surface area (Å²) >= 11 is 12.0. The van der Waals surface area contributed by atoms with E-state index in [-0.39, 0.29) is 20.6 Å². The Hall–Kier alpha value is -2.75. The maximum absolute atomic E-state index is 13.3. The number of carbonyl (C=O) groups is 1. The lowest BCUT2D eigenvalue weighted by Gasteiger charge is -2.25. The van der Waals surface area contributed by atoms with Gasteiger partial charge in [0.2, 0.25) is 5.91 Å². The first-order valence-electron chi connectivity index (χ1n) is 9.40. The smallest absolute Gasteiger partial charge is 0.324 e. The molecule has 0 spiro atoms. The van der Waals surface area contributed by atoms with Crippen LogP contribution in [0.25, 0.3) is 0 Å². The molecule has 3 aromatic carbocycles. The Balaban J connectivity index is 2.00. The number of rotatable bonds is 6. The third-order valence-electron chi connectivity index (χ3n) is 4.59. The first kappa shape index (κ1) is 24.9. The quantitative estimate of drug-likeness (QED) is 0.426. The first-order valence-corrected chi connectivity index (χ1v) is 11.6. The summed E-state index contributed by atoms with van der Waals surface area (Å²) < 4.78 is 67.2. The van der Waals surface area contributed by atoms with Crippen LogP contribution in [-0.4, -0.2) is 20.9 Å². The fourth-order valence-corrected chi connectivity index (χ4v) is 4.66. The van der Waals surface area contributed by atoms with E-state index in [0.717, 1.165) is 22.0 Å². The molecule has 5 nitrogen and oxygen atoms in total. The minimum absolute atomic E-state index is 0.0178. The average molecular weight is 517 g/mol. The van der Waals surface area contributed by atoms with E-state index in [0.29, 0.717) is 0 Å². The lowest BCUT2D eigenvalue weighted by atomic mass is 10.1. The maximum Gasteiger partial charge on any atom is 0.418 e. The van der Waals surface area contributed by atoms with Gasteiger partial charge in [0.15, 0.2) is 0 Å². The molecule has 0 saturated carbocycles. The topological polar surface area (TPSA) is 66.5 Å². The molecule has 0 aliphatic heterocycles. The number of anilines is 2. The van der Waals surface area contributed by atoms with Crippen LogP contribution in [0.2, 0.25) is 10.0 Å². The van der Waals surface area contributed by atoms with Crippen LogP contribution in [0.4, 0.5) is 24.5 Å². The molecule has 0 aromatic heterocycles. The summed E-state index contributed by atoms with van der Waals surface area (Å²) in [6.45, 7) is 0.971. The van der Waals surface area contributed by atoms with Gasteiger partial charge >= 0.3 is 6.18 Å².